The largest absolute Gasteiger partial charge is 0.481 e. The Morgan fingerprint density at radius 2 is 1.74 bits per heavy atom. The van der Waals surface area contributed by atoms with Crippen molar-refractivity contribution >= 4 is 11.9 Å². The summed E-state index contributed by atoms with van der Waals surface area (Å²) < 4.78 is 12.9. The summed E-state index contributed by atoms with van der Waals surface area (Å²) in [5.41, 5.74) is 0.528. The fourth-order valence-corrected chi connectivity index (χ4v) is 1.97. The van der Waals surface area contributed by atoms with E-state index in [4.69, 9.17) is 5.11 Å². The van der Waals surface area contributed by atoms with Crippen LogP contribution in [0.2, 0.25) is 0 Å². The molecule has 1 amide bonds. The lowest BCUT2D eigenvalue weighted by Gasteiger charge is -2.24. The van der Waals surface area contributed by atoms with Gasteiger partial charge in [-0.2, -0.15) is 0 Å². The van der Waals surface area contributed by atoms with Gasteiger partial charge >= 0.3 is 5.97 Å². The van der Waals surface area contributed by atoms with Crippen molar-refractivity contribution < 1.29 is 19.1 Å². The highest BCUT2D eigenvalue weighted by Crippen LogP contribution is 2.23. The second kappa shape index (κ2) is 6.87. The zero-order valence-corrected chi connectivity index (χ0v) is 11.1. The molecule has 104 valence electrons. The molecule has 1 aromatic carbocycles. The molecular formula is C14H18FNO3. The Morgan fingerprint density at radius 1 is 1.21 bits per heavy atom. The Kier molecular flexibility index (Phi) is 5.48. The lowest BCUT2D eigenvalue weighted by molar-refractivity contribution is -0.142. The summed E-state index contributed by atoms with van der Waals surface area (Å²) in [6, 6.07) is 5.40. The molecule has 1 rings (SSSR count). The number of carbonyl (C=O) groups is 2. The Hall–Kier alpha value is -1.91. The first-order valence-electron chi connectivity index (χ1n) is 6.25. The van der Waals surface area contributed by atoms with Crippen LogP contribution in [0.5, 0.6) is 0 Å². The molecule has 0 aromatic heterocycles. The SMILES string of the molecule is CCN(CC)C(=O)C(CC(=O)O)c1ccc(F)cc1. The van der Waals surface area contributed by atoms with Crippen LogP contribution < -0.4 is 0 Å². The van der Waals surface area contributed by atoms with Crippen LogP contribution in [-0.4, -0.2) is 35.0 Å². The molecule has 5 heteroatoms. The number of amides is 1. The summed E-state index contributed by atoms with van der Waals surface area (Å²) in [5.74, 6) is -2.46. The normalized spacial score (nSPS) is 11.9. The summed E-state index contributed by atoms with van der Waals surface area (Å²) in [4.78, 5) is 24.8. The maximum atomic E-state index is 12.9. The first kappa shape index (κ1) is 15.1. The number of halogens is 1. The fourth-order valence-electron chi connectivity index (χ4n) is 1.97. The number of nitrogens with zero attached hydrogens (tertiary/aromatic N) is 1. The van der Waals surface area contributed by atoms with Crippen molar-refractivity contribution in [2.75, 3.05) is 13.1 Å². The van der Waals surface area contributed by atoms with E-state index in [9.17, 15) is 14.0 Å². The Labute approximate surface area is 111 Å². The van der Waals surface area contributed by atoms with Crippen LogP contribution in [0.25, 0.3) is 0 Å². The molecule has 0 aliphatic carbocycles. The highest BCUT2D eigenvalue weighted by Gasteiger charge is 2.26. The van der Waals surface area contributed by atoms with Crippen molar-refractivity contribution in [3.05, 3.63) is 35.6 Å². The summed E-state index contributed by atoms with van der Waals surface area (Å²) in [6.07, 6.45) is -0.291. The molecule has 0 aliphatic heterocycles. The minimum Gasteiger partial charge on any atom is -0.481 e. The van der Waals surface area contributed by atoms with E-state index in [-0.39, 0.29) is 12.3 Å². The second-order valence-electron chi connectivity index (χ2n) is 4.21. The number of rotatable bonds is 6. The molecule has 0 saturated carbocycles. The third kappa shape index (κ3) is 4.05. The predicted octanol–water partition coefficient (Wildman–Crippen LogP) is 2.25. The van der Waals surface area contributed by atoms with Crippen molar-refractivity contribution in [2.24, 2.45) is 0 Å². The van der Waals surface area contributed by atoms with E-state index < -0.39 is 17.7 Å². The maximum absolute atomic E-state index is 12.9. The first-order valence-corrected chi connectivity index (χ1v) is 6.25. The van der Waals surface area contributed by atoms with Gasteiger partial charge in [0.2, 0.25) is 5.91 Å². The number of likely N-dealkylation sites (N-methyl/N-ethyl adjacent to an activating group) is 1. The van der Waals surface area contributed by atoms with E-state index in [0.717, 1.165) is 0 Å². The highest BCUT2D eigenvalue weighted by molar-refractivity contribution is 5.87. The van der Waals surface area contributed by atoms with Crippen LogP contribution in [0.4, 0.5) is 4.39 Å². The number of benzene rings is 1. The third-order valence-electron chi connectivity index (χ3n) is 3.02. The number of aliphatic carboxylic acids is 1. The van der Waals surface area contributed by atoms with Gasteiger partial charge in [-0.15, -0.1) is 0 Å². The molecular weight excluding hydrogens is 249 g/mol. The topological polar surface area (TPSA) is 57.6 Å². The van der Waals surface area contributed by atoms with Gasteiger partial charge in [0.1, 0.15) is 5.82 Å². The highest BCUT2D eigenvalue weighted by atomic mass is 19.1. The zero-order chi connectivity index (χ0) is 14.4. The van der Waals surface area contributed by atoms with Gasteiger partial charge in [-0.1, -0.05) is 12.1 Å². The molecule has 1 unspecified atom stereocenters. The molecule has 0 spiro atoms. The van der Waals surface area contributed by atoms with Gasteiger partial charge in [0, 0.05) is 13.1 Å². The standard InChI is InChI=1S/C14H18FNO3/c1-3-16(4-2)14(19)12(9-13(17)18)10-5-7-11(15)8-6-10/h5-8,12H,3-4,9H2,1-2H3,(H,17,18). The van der Waals surface area contributed by atoms with Gasteiger partial charge in [-0.05, 0) is 31.5 Å². The van der Waals surface area contributed by atoms with E-state index in [2.05, 4.69) is 0 Å². The van der Waals surface area contributed by atoms with Gasteiger partial charge in [0.05, 0.1) is 12.3 Å². The lowest BCUT2D eigenvalue weighted by atomic mass is 9.94. The van der Waals surface area contributed by atoms with Gasteiger partial charge in [-0.25, -0.2) is 4.39 Å². The van der Waals surface area contributed by atoms with Crippen molar-refractivity contribution in [3.8, 4) is 0 Å². The van der Waals surface area contributed by atoms with Crippen molar-refractivity contribution in [3.63, 3.8) is 0 Å². The molecule has 1 aromatic rings. The fraction of sp³-hybridized carbons (Fsp3) is 0.429. The molecule has 1 N–H and O–H groups in total. The lowest BCUT2D eigenvalue weighted by Crippen LogP contribution is -2.35. The smallest absolute Gasteiger partial charge is 0.304 e. The van der Waals surface area contributed by atoms with Gasteiger partial charge in [0.15, 0.2) is 0 Å². The molecule has 0 bridgehead atoms. The van der Waals surface area contributed by atoms with Crippen LogP contribution in [-0.2, 0) is 9.59 Å². The summed E-state index contributed by atoms with van der Waals surface area (Å²) in [7, 11) is 0. The van der Waals surface area contributed by atoms with Gasteiger partial charge in [0.25, 0.3) is 0 Å². The Balaban J connectivity index is 3.03. The van der Waals surface area contributed by atoms with Crippen molar-refractivity contribution in [1.82, 2.24) is 4.90 Å². The van der Waals surface area contributed by atoms with Crippen LogP contribution in [0.1, 0.15) is 31.7 Å². The average molecular weight is 267 g/mol. The molecule has 0 fully saturated rings. The van der Waals surface area contributed by atoms with Crippen LogP contribution in [0.3, 0.4) is 0 Å². The molecule has 1 atom stereocenters. The van der Waals surface area contributed by atoms with Crippen molar-refractivity contribution in [2.45, 2.75) is 26.2 Å². The molecule has 4 nitrogen and oxygen atoms in total. The Morgan fingerprint density at radius 3 is 2.16 bits per heavy atom. The quantitative estimate of drug-likeness (QED) is 0.860. The molecule has 0 aliphatic rings. The maximum Gasteiger partial charge on any atom is 0.304 e. The van der Waals surface area contributed by atoms with Gasteiger partial charge < -0.3 is 10.0 Å². The molecule has 0 radical (unpaired) electrons. The van der Waals surface area contributed by atoms with Crippen LogP contribution in [0.15, 0.2) is 24.3 Å². The summed E-state index contributed by atoms with van der Waals surface area (Å²) in [5, 5.41) is 8.93. The summed E-state index contributed by atoms with van der Waals surface area (Å²) >= 11 is 0. The second-order valence-corrected chi connectivity index (χ2v) is 4.21. The van der Waals surface area contributed by atoms with E-state index in [0.29, 0.717) is 18.7 Å². The average Bonchev–Trinajstić information content (AvgIpc) is 2.38. The summed E-state index contributed by atoms with van der Waals surface area (Å²) in [6.45, 7) is 4.72. The van der Waals surface area contributed by atoms with Crippen LogP contribution in [0, 0.1) is 5.82 Å². The van der Waals surface area contributed by atoms with E-state index in [1.165, 1.54) is 24.3 Å². The van der Waals surface area contributed by atoms with Gasteiger partial charge in [-0.3, -0.25) is 9.59 Å². The molecule has 0 saturated heterocycles. The van der Waals surface area contributed by atoms with Crippen molar-refractivity contribution in [1.29, 1.82) is 0 Å². The van der Waals surface area contributed by atoms with E-state index >= 15 is 0 Å². The first-order chi connectivity index (χ1) is 8.99. The van der Waals surface area contributed by atoms with E-state index in [1.54, 1.807) is 4.90 Å². The molecule has 19 heavy (non-hydrogen) atoms. The number of carboxylic acid groups (broad SMARTS) is 1. The zero-order valence-electron chi connectivity index (χ0n) is 11.1. The number of carbonyl (C=O) groups excluding carboxylic acids is 1. The number of hydrogen-bond donors (Lipinski definition) is 1. The minimum absolute atomic E-state index is 0.237. The van der Waals surface area contributed by atoms with E-state index in [1.807, 2.05) is 13.8 Å². The monoisotopic (exact) mass is 267 g/mol. The molecule has 0 heterocycles. The third-order valence-corrected chi connectivity index (χ3v) is 3.02. The number of carboxylic acids is 1. The Bertz CT molecular complexity index is 441. The number of hydrogen-bond acceptors (Lipinski definition) is 2. The minimum atomic E-state index is -1.05. The van der Waals surface area contributed by atoms with Crippen LogP contribution >= 0.6 is 0 Å². The predicted molar refractivity (Wildman–Crippen MR) is 69.3 cm³/mol.